The van der Waals surface area contributed by atoms with Crippen molar-refractivity contribution in [2.75, 3.05) is 10.6 Å². The van der Waals surface area contributed by atoms with Crippen LogP contribution in [0.15, 0.2) is 35.0 Å². The number of benzene rings is 1. The van der Waals surface area contributed by atoms with Crippen molar-refractivity contribution in [1.29, 1.82) is 0 Å². The normalized spacial score (nSPS) is 10.5. The quantitative estimate of drug-likeness (QED) is 0.763. The number of nitrogens with one attached hydrogen (secondary N) is 2. The number of aryl methyl sites for hydroxylation is 3. The van der Waals surface area contributed by atoms with E-state index in [4.69, 9.17) is 4.52 Å². The van der Waals surface area contributed by atoms with Crippen LogP contribution in [-0.2, 0) is 0 Å². The van der Waals surface area contributed by atoms with Crippen LogP contribution in [0.1, 0.15) is 16.9 Å². The van der Waals surface area contributed by atoms with Crippen LogP contribution in [0.25, 0.3) is 0 Å². The first kappa shape index (κ1) is 14.0. The molecule has 0 unspecified atom stereocenters. The fourth-order valence-corrected chi connectivity index (χ4v) is 2.05. The van der Waals surface area contributed by atoms with Gasteiger partial charge in [0.15, 0.2) is 11.6 Å². The topological polar surface area (TPSA) is 88.8 Å². The van der Waals surface area contributed by atoms with Crippen LogP contribution in [0.2, 0.25) is 0 Å². The van der Waals surface area contributed by atoms with Crippen LogP contribution in [0.5, 0.6) is 0 Å². The second kappa shape index (κ2) is 5.80. The predicted molar refractivity (Wildman–Crippen MR) is 83.5 cm³/mol. The largest absolute Gasteiger partial charge is 0.360 e. The van der Waals surface area contributed by atoms with Gasteiger partial charge < -0.3 is 15.2 Å². The SMILES string of the molecule is Cc1ccc(Nc2nncc(Nc3cc(C)on3)n2)c(C)c1. The van der Waals surface area contributed by atoms with Gasteiger partial charge in [-0.3, -0.25) is 0 Å². The summed E-state index contributed by atoms with van der Waals surface area (Å²) in [6.07, 6.45) is 1.52. The molecule has 0 fully saturated rings. The molecule has 0 aliphatic carbocycles. The van der Waals surface area contributed by atoms with Crippen LogP contribution < -0.4 is 10.6 Å². The van der Waals surface area contributed by atoms with Crippen molar-refractivity contribution in [3.8, 4) is 0 Å². The number of anilines is 4. The van der Waals surface area contributed by atoms with Crippen molar-refractivity contribution in [1.82, 2.24) is 20.3 Å². The van der Waals surface area contributed by atoms with Gasteiger partial charge in [0, 0.05) is 11.8 Å². The molecule has 22 heavy (non-hydrogen) atoms. The zero-order valence-corrected chi connectivity index (χ0v) is 12.6. The van der Waals surface area contributed by atoms with Gasteiger partial charge in [-0.1, -0.05) is 22.9 Å². The first-order valence-corrected chi connectivity index (χ1v) is 6.84. The lowest BCUT2D eigenvalue weighted by atomic mass is 10.1. The van der Waals surface area contributed by atoms with E-state index in [9.17, 15) is 0 Å². The fraction of sp³-hybridized carbons (Fsp3) is 0.200. The summed E-state index contributed by atoms with van der Waals surface area (Å²) in [5.74, 6) is 2.25. The molecule has 0 saturated carbocycles. The highest BCUT2D eigenvalue weighted by molar-refractivity contribution is 5.60. The molecule has 0 bridgehead atoms. The summed E-state index contributed by atoms with van der Waals surface area (Å²) in [7, 11) is 0. The Hall–Kier alpha value is -2.96. The molecule has 0 radical (unpaired) electrons. The number of hydrogen-bond donors (Lipinski definition) is 2. The van der Waals surface area contributed by atoms with Crippen molar-refractivity contribution in [3.63, 3.8) is 0 Å². The number of hydrogen-bond acceptors (Lipinski definition) is 7. The van der Waals surface area contributed by atoms with E-state index in [-0.39, 0.29) is 0 Å². The molecule has 7 heteroatoms. The van der Waals surface area contributed by atoms with Gasteiger partial charge in [-0.25, -0.2) is 0 Å². The van der Waals surface area contributed by atoms with E-state index in [1.165, 1.54) is 11.8 Å². The van der Waals surface area contributed by atoms with Crippen LogP contribution in [-0.4, -0.2) is 20.3 Å². The second-order valence-electron chi connectivity index (χ2n) is 5.06. The highest BCUT2D eigenvalue weighted by atomic mass is 16.5. The molecule has 2 N–H and O–H groups in total. The third-order valence-corrected chi connectivity index (χ3v) is 3.07. The molecule has 0 amide bonds. The first-order valence-electron chi connectivity index (χ1n) is 6.84. The minimum Gasteiger partial charge on any atom is -0.360 e. The number of nitrogens with zero attached hydrogens (tertiary/aromatic N) is 4. The Morgan fingerprint density at radius 2 is 1.86 bits per heavy atom. The van der Waals surface area contributed by atoms with Crippen LogP contribution in [0.3, 0.4) is 0 Å². The minimum absolute atomic E-state index is 0.414. The average Bonchev–Trinajstić information content (AvgIpc) is 2.88. The van der Waals surface area contributed by atoms with Gasteiger partial charge in [-0.15, -0.1) is 5.10 Å². The Balaban J connectivity index is 1.78. The fourth-order valence-electron chi connectivity index (χ4n) is 2.05. The molecule has 0 aliphatic rings. The summed E-state index contributed by atoms with van der Waals surface area (Å²) in [6, 6.07) is 7.90. The molecular formula is C15H16N6O. The molecule has 0 saturated heterocycles. The van der Waals surface area contributed by atoms with E-state index in [2.05, 4.69) is 44.0 Å². The van der Waals surface area contributed by atoms with Crippen molar-refractivity contribution in [2.24, 2.45) is 0 Å². The maximum absolute atomic E-state index is 5.00. The van der Waals surface area contributed by atoms with E-state index in [0.717, 1.165) is 17.0 Å². The molecule has 3 aromatic rings. The van der Waals surface area contributed by atoms with E-state index < -0.39 is 0 Å². The third-order valence-electron chi connectivity index (χ3n) is 3.07. The van der Waals surface area contributed by atoms with Crippen molar-refractivity contribution < 1.29 is 4.52 Å². The Labute approximate surface area is 127 Å². The van der Waals surface area contributed by atoms with E-state index in [1.54, 1.807) is 6.07 Å². The van der Waals surface area contributed by atoms with Crippen molar-refractivity contribution >= 4 is 23.3 Å². The lowest BCUT2D eigenvalue weighted by molar-refractivity contribution is 0.400. The highest BCUT2D eigenvalue weighted by Gasteiger charge is 2.06. The van der Waals surface area contributed by atoms with Gasteiger partial charge in [-0.05, 0) is 32.4 Å². The lowest BCUT2D eigenvalue weighted by Crippen LogP contribution is -2.03. The van der Waals surface area contributed by atoms with Crippen LogP contribution >= 0.6 is 0 Å². The molecule has 0 atom stereocenters. The molecule has 7 nitrogen and oxygen atoms in total. The summed E-state index contributed by atoms with van der Waals surface area (Å²) < 4.78 is 5.00. The summed E-state index contributed by atoms with van der Waals surface area (Å²) >= 11 is 0. The summed E-state index contributed by atoms with van der Waals surface area (Å²) in [5.41, 5.74) is 3.27. The number of aromatic nitrogens is 4. The second-order valence-corrected chi connectivity index (χ2v) is 5.06. The molecule has 112 valence electrons. The third kappa shape index (κ3) is 3.20. The molecule has 2 aromatic heterocycles. The highest BCUT2D eigenvalue weighted by Crippen LogP contribution is 2.20. The average molecular weight is 296 g/mol. The Bertz CT molecular complexity index is 798. The zero-order valence-electron chi connectivity index (χ0n) is 12.6. The van der Waals surface area contributed by atoms with Crippen molar-refractivity contribution in [3.05, 3.63) is 47.3 Å². The molecule has 1 aromatic carbocycles. The summed E-state index contributed by atoms with van der Waals surface area (Å²) in [6.45, 7) is 5.91. The zero-order chi connectivity index (χ0) is 15.5. The van der Waals surface area contributed by atoms with Gasteiger partial charge in [0.05, 0.1) is 6.20 Å². The maximum Gasteiger partial charge on any atom is 0.249 e. The smallest absolute Gasteiger partial charge is 0.249 e. The Morgan fingerprint density at radius 3 is 2.59 bits per heavy atom. The summed E-state index contributed by atoms with van der Waals surface area (Å²) in [5, 5.41) is 18.0. The van der Waals surface area contributed by atoms with Gasteiger partial charge >= 0.3 is 0 Å². The van der Waals surface area contributed by atoms with E-state index >= 15 is 0 Å². The molecule has 0 aliphatic heterocycles. The van der Waals surface area contributed by atoms with Crippen molar-refractivity contribution in [2.45, 2.75) is 20.8 Å². The van der Waals surface area contributed by atoms with Gasteiger partial charge in [0.25, 0.3) is 0 Å². The van der Waals surface area contributed by atoms with E-state index in [0.29, 0.717) is 17.6 Å². The predicted octanol–water partition coefficient (Wildman–Crippen LogP) is 3.27. The maximum atomic E-state index is 5.00. The molecule has 0 spiro atoms. The Morgan fingerprint density at radius 1 is 1.00 bits per heavy atom. The lowest BCUT2D eigenvalue weighted by Gasteiger charge is -2.09. The van der Waals surface area contributed by atoms with Crippen LogP contribution in [0.4, 0.5) is 23.3 Å². The summed E-state index contributed by atoms with van der Waals surface area (Å²) in [4.78, 5) is 4.36. The molecule has 3 rings (SSSR count). The van der Waals surface area contributed by atoms with Crippen LogP contribution in [0, 0.1) is 20.8 Å². The minimum atomic E-state index is 0.414. The van der Waals surface area contributed by atoms with Gasteiger partial charge in [-0.2, -0.15) is 10.1 Å². The molecular weight excluding hydrogens is 280 g/mol. The Kier molecular flexibility index (Phi) is 3.69. The van der Waals surface area contributed by atoms with Gasteiger partial charge in [0.2, 0.25) is 5.95 Å². The monoisotopic (exact) mass is 296 g/mol. The van der Waals surface area contributed by atoms with E-state index in [1.807, 2.05) is 26.0 Å². The molecule has 2 heterocycles. The standard InChI is InChI=1S/C15H16N6O/c1-9-4-5-12(10(2)6-9)17-15-19-14(8-16-20-15)18-13-7-11(3)22-21-13/h4-8H,1-3H3,(H2,17,18,19,20,21). The van der Waals surface area contributed by atoms with Gasteiger partial charge in [0.1, 0.15) is 5.76 Å². The number of rotatable bonds is 4. The first-order chi connectivity index (χ1) is 10.6.